The molecule has 12 nitrogen and oxygen atoms in total. The Morgan fingerprint density at radius 3 is 2.78 bits per heavy atom. The molecule has 13 heteroatoms. The molecule has 0 aromatic carbocycles. The molecule has 188 valence electrons. The molecule has 0 spiro atoms. The second-order valence-corrected chi connectivity index (χ2v) is 8.83. The highest BCUT2D eigenvalue weighted by Crippen LogP contribution is 2.34. The Morgan fingerprint density at radius 2 is 2.03 bits per heavy atom. The van der Waals surface area contributed by atoms with E-state index in [-0.39, 0.29) is 48.7 Å². The minimum absolute atomic E-state index is 0.0269. The van der Waals surface area contributed by atoms with Crippen LogP contribution in [0.5, 0.6) is 6.01 Å². The number of pyridine rings is 1. The fourth-order valence-electron chi connectivity index (χ4n) is 4.54. The predicted molar refractivity (Wildman–Crippen MR) is 127 cm³/mol. The summed E-state index contributed by atoms with van der Waals surface area (Å²) in [7, 11) is 0. The highest BCUT2D eigenvalue weighted by molar-refractivity contribution is 5.97. The first-order chi connectivity index (χ1) is 17.3. The van der Waals surface area contributed by atoms with E-state index in [0.29, 0.717) is 17.9 Å². The third-order valence-electron chi connectivity index (χ3n) is 6.44. The first-order valence-electron chi connectivity index (χ1n) is 11.6. The molecular formula is C23H26FN9O3. The second kappa shape index (κ2) is 9.49. The summed E-state index contributed by atoms with van der Waals surface area (Å²) in [5.41, 5.74) is 7.04. The van der Waals surface area contributed by atoms with Gasteiger partial charge in [-0.25, -0.2) is 19.2 Å². The Morgan fingerprint density at radius 1 is 1.25 bits per heavy atom. The Hall–Kier alpha value is -4.13. The van der Waals surface area contributed by atoms with Crippen LogP contribution in [0, 0.1) is 0 Å². The van der Waals surface area contributed by atoms with Crippen molar-refractivity contribution in [3.05, 3.63) is 54.4 Å². The number of carbonyl (C=O) groups is 2. The minimum atomic E-state index is -1.74. The zero-order valence-electron chi connectivity index (χ0n) is 19.8. The van der Waals surface area contributed by atoms with Gasteiger partial charge in [0.05, 0.1) is 54.9 Å². The van der Waals surface area contributed by atoms with Crippen molar-refractivity contribution in [3.63, 3.8) is 0 Å². The number of hydrogen-bond acceptors (Lipinski definition) is 8. The number of urea groups is 1. The standard InChI is InChI=1S/C23H26FN9O3/c1-13-11-32-18(12-31(13)23(35)30-15-4-7-26-16(8-15)21(24)25)17(10-29-32)33-14(2)19(9-20(33)34)36-22-27-5-3-6-28-22/h3-8,10,13-14,19,21H,9,11-12,25H2,1-2H3,(H,26,30,35)/t13-,14-,19-,21?/m0/s1. The van der Waals surface area contributed by atoms with Gasteiger partial charge in [-0.15, -0.1) is 0 Å². The van der Waals surface area contributed by atoms with E-state index in [2.05, 4.69) is 25.4 Å². The normalized spacial score (nSPS) is 22.3. The molecule has 4 atom stereocenters. The maximum Gasteiger partial charge on any atom is 0.322 e. The molecule has 1 fully saturated rings. The van der Waals surface area contributed by atoms with Crippen LogP contribution in [0.15, 0.2) is 43.0 Å². The monoisotopic (exact) mass is 495 g/mol. The SMILES string of the molecule is C[C@H]1Cn2ncc(N3C(=O)C[C@H](Oc4ncccn4)[C@@H]3C)c2CN1C(=O)Nc1ccnc(C(N)F)c1. The summed E-state index contributed by atoms with van der Waals surface area (Å²) in [6.45, 7) is 4.49. The Bertz CT molecular complexity index is 1270. The van der Waals surface area contributed by atoms with Gasteiger partial charge in [-0.05, 0) is 32.0 Å². The molecule has 5 rings (SSSR count). The van der Waals surface area contributed by atoms with Crippen LogP contribution in [0.3, 0.4) is 0 Å². The van der Waals surface area contributed by atoms with Crippen LogP contribution in [-0.4, -0.2) is 59.8 Å². The van der Waals surface area contributed by atoms with Gasteiger partial charge in [-0.2, -0.15) is 5.10 Å². The topological polar surface area (TPSA) is 144 Å². The van der Waals surface area contributed by atoms with E-state index in [4.69, 9.17) is 10.5 Å². The molecule has 0 saturated carbocycles. The van der Waals surface area contributed by atoms with Crippen molar-refractivity contribution in [3.8, 4) is 6.01 Å². The lowest BCUT2D eigenvalue weighted by molar-refractivity contribution is -0.117. The lowest BCUT2D eigenvalue weighted by atomic mass is 10.1. The highest BCUT2D eigenvalue weighted by atomic mass is 19.1. The van der Waals surface area contributed by atoms with Gasteiger partial charge in [-0.1, -0.05) is 0 Å². The van der Waals surface area contributed by atoms with Gasteiger partial charge in [0.15, 0.2) is 6.30 Å². The summed E-state index contributed by atoms with van der Waals surface area (Å²) in [6, 6.07) is 4.03. The number of fused-ring (bicyclic) bond motifs is 1. The van der Waals surface area contributed by atoms with E-state index in [9.17, 15) is 14.0 Å². The Labute approximate surface area is 206 Å². The molecule has 5 heterocycles. The fourth-order valence-corrected chi connectivity index (χ4v) is 4.54. The zero-order valence-corrected chi connectivity index (χ0v) is 19.8. The molecule has 36 heavy (non-hydrogen) atoms. The summed E-state index contributed by atoms with van der Waals surface area (Å²) in [6.07, 6.45) is 4.19. The van der Waals surface area contributed by atoms with Crippen LogP contribution in [0.25, 0.3) is 0 Å². The Balaban J connectivity index is 1.34. The molecule has 3 aromatic rings. The van der Waals surface area contributed by atoms with Gasteiger partial charge in [0.1, 0.15) is 6.10 Å². The number of amides is 3. The quantitative estimate of drug-likeness (QED) is 0.512. The van der Waals surface area contributed by atoms with Gasteiger partial charge >= 0.3 is 12.0 Å². The molecule has 3 N–H and O–H groups in total. The van der Waals surface area contributed by atoms with Crippen molar-refractivity contribution >= 4 is 23.3 Å². The van der Waals surface area contributed by atoms with Crippen molar-refractivity contribution in [2.45, 2.75) is 57.8 Å². The molecule has 0 aliphatic carbocycles. The lowest BCUT2D eigenvalue weighted by Gasteiger charge is -2.35. The summed E-state index contributed by atoms with van der Waals surface area (Å²) in [5, 5.41) is 7.26. The van der Waals surface area contributed by atoms with Crippen LogP contribution in [-0.2, 0) is 17.9 Å². The average molecular weight is 496 g/mol. The molecular weight excluding hydrogens is 469 g/mol. The number of anilines is 2. The highest BCUT2D eigenvalue weighted by Gasteiger charge is 2.42. The molecule has 2 aliphatic rings. The number of nitrogens with zero attached hydrogens (tertiary/aromatic N) is 7. The number of hydrogen-bond donors (Lipinski definition) is 2. The molecule has 1 saturated heterocycles. The fraction of sp³-hybridized carbons (Fsp3) is 0.391. The summed E-state index contributed by atoms with van der Waals surface area (Å²) in [4.78, 5) is 41.5. The van der Waals surface area contributed by atoms with Gasteiger partial charge in [0.25, 0.3) is 0 Å². The van der Waals surface area contributed by atoms with Crippen LogP contribution < -0.4 is 20.7 Å². The molecule has 2 aliphatic heterocycles. The van der Waals surface area contributed by atoms with Crippen molar-refractivity contribution in [2.24, 2.45) is 5.73 Å². The first-order valence-corrected chi connectivity index (χ1v) is 11.6. The van der Waals surface area contributed by atoms with Gasteiger partial charge in [-0.3, -0.25) is 20.2 Å². The number of nitrogens with one attached hydrogen (secondary N) is 1. The summed E-state index contributed by atoms with van der Waals surface area (Å²) < 4.78 is 21.1. The van der Waals surface area contributed by atoms with Crippen LogP contribution >= 0.6 is 0 Å². The lowest BCUT2D eigenvalue weighted by Crippen LogP contribution is -2.47. The molecule has 0 bridgehead atoms. The number of halogens is 1. The molecule has 3 amide bonds. The molecule has 3 aromatic heterocycles. The zero-order chi connectivity index (χ0) is 25.4. The third kappa shape index (κ3) is 4.44. The van der Waals surface area contributed by atoms with Crippen molar-refractivity contribution in [1.29, 1.82) is 0 Å². The third-order valence-corrected chi connectivity index (χ3v) is 6.44. The number of nitrogens with two attached hydrogens (primary N) is 1. The predicted octanol–water partition coefficient (Wildman–Crippen LogP) is 2.00. The van der Waals surface area contributed by atoms with E-state index < -0.39 is 12.4 Å². The maximum absolute atomic E-state index is 13.4. The van der Waals surface area contributed by atoms with E-state index in [1.165, 1.54) is 12.3 Å². The van der Waals surface area contributed by atoms with Crippen LogP contribution in [0.4, 0.5) is 20.6 Å². The van der Waals surface area contributed by atoms with E-state index in [1.807, 2.05) is 18.5 Å². The van der Waals surface area contributed by atoms with Gasteiger partial charge in [0.2, 0.25) is 5.91 Å². The minimum Gasteiger partial charge on any atom is -0.457 e. The van der Waals surface area contributed by atoms with E-state index in [1.54, 1.807) is 40.5 Å². The van der Waals surface area contributed by atoms with E-state index in [0.717, 1.165) is 5.69 Å². The number of alkyl halides is 1. The van der Waals surface area contributed by atoms with Crippen molar-refractivity contribution in [1.82, 2.24) is 29.6 Å². The molecule has 1 unspecified atom stereocenters. The average Bonchev–Trinajstić information content (AvgIpc) is 3.37. The van der Waals surface area contributed by atoms with Crippen molar-refractivity contribution < 1.29 is 18.7 Å². The van der Waals surface area contributed by atoms with Gasteiger partial charge < -0.3 is 19.9 Å². The number of aromatic nitrogens is 5. The Kier molecular flexibility index (Phi) is 6.22. The maximum atomic E-state index is 13.4. The number of ether oxygens (including phenoxy) is 1. The van der Waals surface area contributed by atoms with Crippen LogP contribution in [0.1, 0.15) is 38.0 Å². The van der Waals surface area contributed by atoms with Crippen LogP contribution in [0.2, 0.25) is 0 Å². The van der Waals surface area contributed by atoms with Gasteiger partial charge in [0, 0.05) is 24.3 Å². The largest absolute Gasteiger partial charge is 0.457 e. The van der Waals surface area contributed by atoms with E-state index >= 15 is 0 Å². The molecule has 0 radical (unpaired) electrons. The summed E-state index contributed by atoms with van der Waals surface area (Å²) in [5.74, 6) is -0.110. The summed E-state index contributed by atoms with van der Waals surface area (Å²) >= 11 is 0. The smallest absolute Gasteiger partial charge is 0.322 e. The first kappa shape index (κ1) is 23.6. The van der Waals surface area contributed by atoms with Crippen molar-refractivity contribution in [2.75, 3.05) is 10.2 Å². The second-order valence-electron chi connectivity index (χ2n) is 8.83. The number of rotatable bonds is 5. The number of carbonyl (C=O) groups excluding carboxylic acids is 2.